The van der Waals surface area contributed by atoms with Crippen molar-refractivity contribution in [2.75, 3.05) is 6.54 Å². The van der Waals surface area contributed by atoms with Gasteiger partial charge in [-0.15, -0.1) is 0 Å². The summed E-state index contributed by atoms with van der Waals surface area (Å²) >= 11 is 0. The Balaban J connectivity index is 1.40. The van der Waals surface area contributed by atoms with Gasteiger partial charge in [0.1, 0.15) is 0 Å². The van der Waals surface area contributed by atoms with Crippen LogP contribution in [0, 0.1) is 23.7 Å². The molecule has 3 fully saturated rings. The van der Waals surface area contributed by atoms with Crippen molar-refractivity contribution in [3.8, 4) is 0 Å². The van der Waals surface area contributed by atoms with E-state index in [9.17, 15) is 9.90 Å². The van der Waals surface area contributed by atoms with Gasteiger partial charge in [0.15, 0.2) is 0 Å². The molecule has 1 amide bonds. The molecule has 4 atom stereocenters. The Morgan fingerprint density at radius 1 is 1.12 bits per heavy atom. The van der Waals surface area contributed by atoms with Gasteiger partial charge in [0.2, 0.25) is 5.91 Å². The summed E-state index contributed by atoms with van der Waals surface area (Å²) in [5, 5.41) is 12.5. The second kappa shape index (κ2) is 4.02. The van der Waals surface area contributed by atoms with Gasteiger partial charge in [-0.25, -0.2) is 0 Å². The fourth-order valence-corrected chi connectivity index (χ4v) is 3.55. The molecule has 90 valence electrons. The van der Waals surface area contributed by atoms with Gasteiger partial charge in [0.25, 0.3) is 0 Å². The van der Waals surface area contributed by atoms with Crippen molar-refractivity contribution in [3.05, 3.63) is 0 Å². The highest BCUT2D eigenvalue weighted by atomic mass is 16.3. The van der Waals surface area contributed by atoms with Crippen LogP contribution in [0.1, 0.15) is 38.5 Å². The van der Waals surface area contributed by atoms with E-state index in [0.29, 0.717) is 11.8 Å². The number of rotatable bonds is 3. The Morgan fingerprint density at radius 2 is 1.88 bits per heavy atom. The summed E-state index contributed by atoms with van der Waals surface area (Å²) in [5.74, 6) is 2.84. The predicted molar refractivity (Wildman–Crippen MR) is 60.7 cm³/mol. The van der Waals surface area contributed by atoms with E-state index in [2.05, 4.69) is 5.32 Å². The van der Waals surface area contributed by atoms with E-state index in [0.717, 1.165) is 50.5 Å². The fraction of sp³-hybridized carbons (Fsp3) is 0.923. The Bertz CT molecular complexity index is 282. The number of carbonyl (C=O) groups excluding carboxylic acids is 1. The lowest BCUT2D eigenvalue weighted by molar-refractivity contribution is -0.125. The third kappa shape index (κ3) is 2.10. The third-order valence-corrected chi connectivity index (χ3v) is 4.69. The average molecular weight is 223 g/mol. The van der Waals surface area contributed by atoms with Gasteiger partial charge in [-0.3, -0.25) is 4.79 Å². The summed E-state index contributed by atoms with van der Waals surface area (Å²) in [5.41, 5.74) is 0. The smallest absolute Gasteiger partial charge is 0.223 e. The van der Waals surface area contributed by atoms with Crippen LogP contribution in [-0.4, -0.2) is 23.7 Å². The molecule has 2 N–H and O–H groups in total. The van der Waals surface area contributed by atoms with Crippen molar-refractivity contribution in [2.24, 2.45) is 23.7 Å². The molecule has 3 rings (SSSR count). The first-order valence-corrected chi connectivity index (χ1v) is 6.68. The van der Waals surface area contributed by atoms with E-state index in [1.54, 1.807) is 0 Å². The summed E-state index contributed by atoms with van der Waals surface area (Å²) in [6.07, 6.45) is 6.36. The van der Waals surface area contributed by atoms with E-state index in [4.69, 9.17) is 0 Å². The van der Waals surface area contributed by atoms with Gasteiger partial charge >= 0.3 is 0 Å². The maximum atomic E-state index is 11.9. The van der Waals surface area contributed by atoms with Crippen LogP contribution in [0.4, 0.5) is 0 Å². The van der Waals surface area contributed by atoms with Crippen LogP contribution < -0.4 is 5.32 Å². The highest BCUT2D eigenvalue weighted by Gasteiger charge is 2.47. The molecule has 16 heavy (non-hydrogen) atoms. The first-order valence-electron chi connectivity index (χ1n) is 6.68. The summed E-state index contributed by atoms with van der Waals surface area (Å²) in [7, 11) is 0. The van der Waals surface area contributed by atoms with Crippen LogP contribution in [0.2, 0.25) is 0 Å². The van der Waals surface area contributed by atoms with Crippen molar-refractivity contribution in [1.82, 2.24) is 5.32 Å². The van der Waals surface area contributed by atoms with Gasteiger partial charge < -0.3 is 10.4 Å². The first kappa shape index (κ1) is 10.6. The van der Waals surface area contributed by atoms with E-state index in [1.807, 2.05) is 0 Å². The molecule has 0 saturated heterocycles. The van der Waals surface area contributed by atoms with E-state index in [1.165, 1.54) is 6.42 Å². The molecule has 0 aromatic carbocycles. The number of amides is 1. The molecule has 0 bridgehead atoms. The Hall–Kier alpha value is -0.570. The lowest BCUT2D eigenvalue weighted by Crippen LogP contribution is -2.33. The zero-order valence-corrected chi connectivity index (χ0v) is 9.69. The molecule has 3 aliphatic rings. The lowest BCUT2D eigenvalue weighted by atomic mass is 10.0. The topological polar surface area (TPSA) is 49.3 Å². The number of aliphatic hydroxyl groups is 1. The standard InChI is InChI=1S/C13H21NO2/c15-12-2-1-8(3-12)7-14-13(16)11-5-9-4-10(9)6-11/h8-12,15H,1-7H2,(H,14,16). The Labute approximate surface area is 96.6 Å². The molecule has 0 spiro atoms. The van der Waals surface area contributed by atoms with Crippen molar-refractivity contribution < 1.29 is 9.90 Å². The van der Waals surface area contributed by atoms with Gasteiger partial charge in [0.05, 0.1) is 6.10 Å². The molecule has 0 heterocycles. The van der Waals surface area contributed by atoms with Crippen LogP contribution >= 0.6 is 0 Å². The monoisotopic (exact) mass is 223 g/mol. The number of hydrogen-bond donors (Lipinski definition) is 2. The third-order valence-electron chi connectivity index (χ3n) is 4.69. The number of hydrogen-bond acceptors (Lipinski definition) is 2. The SMILES string of the molecule is O=C(NCC1CCC(O)C1)C1CC2CC2C1. The number of carbonyl (C=O) groups is 1. The summed E-state index contributed by atoms with van der Waals surface area (Å²) in [4.78, 5) is 11.9. The number of nitrogens with one attached hydrogen (secondary N) is 1. The Kier molecular flexibility index (Phi) is 2.66. The van der Waals surface area contributed by atoms with Crippen molar-refractivity contribution in [2.45, 2.75) is 44.6 Å². The van der Waals surface area contributed by atoms with Crippen LogP contribution in [0.5, 0.6) is 0 Å². The van der Waals surface area contributed by atoms with Crippen molar-refractivity contribution in [3.63, 3.8) is 0 Å². The molecule has 3 aliphatic carbocycles. The molecular formula is C13H21NO2. The Morgan fingerprint density at radius 3 is 2.50 bits per heavy atom. The summed E-state index contributed by atoms with van der Waals surface area (Å²) in [6.45, 7) is 0.779. The predicted octanol–water partition coefficient (Wildman–Crippen LogP) is 1.31. The zero-order chi connectivity index (χ0) is 11.1. The molecule has 0 aromatic heterocycles. The highest BCUT2D eigenvalue weighted by Crippen LogP contribution is 2.54. The van der Waals surface area contributed by atoms with Crippen LogP contribution in [-0.2, 0) is 4.79 Å². The van der Waals surface area contributed by atoms with Crippen LogP contribution in [0.15, 0.2) is 0 Å². The number of fused-ring (bicyclic) bond motifs is 1. The van der Waals surface area contributed by atoms with E-state index in [-0.39, 0.29) is 12.0 Å². The molecule has 3 heteroatoms. The molecular weight excluding hydrogens is 202 g/mol. The average Bonchev–Trinajstić information content (AvgIpc) is 2.71. The summed E-state index contributed by atoms with van der Waals surface area (Å²) in [6, 6.07) is 0. The molecule has 0 aromatic rings. The fourth-order valence-electron chi connectivity index (χ4n) is 3.55. The quantitative estimate of drug-likeness (QED) is 0.758. The van der Waals surface area contributed by atoms with Crippen molar-refractivity contribution in [1.29, 1.82) is 0 Å². The largest absolute Gasteiger partial charge is 0.393 e. The summed E-state index contributed by atoms with van der Waals surface area (Å²) < 4.78 is 0. The second-order valence-electron chi connectivity index (χ2n) is 6.00. The maximum Gasteiger partial charge on any atom is 0.223 e. The van der Waals surface area contributed by atoms with Crippen molar-refractivity contribution >= 4 is 5.91 Å². The zero-order valence-electron chi connectivity index (χ0n) is 9.69. The van der Waals surface area contributed by atoms with Gasteiger partial charge in [0, 0.05) is 12.5 Å². The maximum absolute atomic E-state index is 11.9. The molecule has 0 aliphatic heterocycles. The van der Waals surface area contributed by atoms with E-state index >= 15 is 0 Å². The minimum atomic E-state index is -0.124. The van der Waals surface area contributed by atoms with E-state index < -0.39 is 0 Å². The van der Waals surface area contributed by atoms with Gasteiger partial charge in [-0.1, -0.05) is 0 Å². The highest BCUT2D eigenvalue weighted by molar-refractivity contribution is 5.79. The van der Waals surface area contributed by atoms with Crippen LogP contribution in [0.25, 0.3) is 0 Å². The second-order valence-corrected chi connectivity index (χ2v) is 6.00. The molecule has 3 nitrogen and oxygen atoms in total. The van der Waals surface area contributed by atoms with Gasteiger partial charge in [-0.2, -0.15) is 0 Å². The minimum absolute atomic E-state index is 0.124. The molecule has 3 saturated carbocycles. The molecule has 0 radical (unpaired) electrons. The number of aliphatic hydroxyl groups excluding tert-OH is 1. The normalized spacial score (nSPS) is 45.4. The van der Waals surface area contributed by atoms with Gasteiger partial charge in [-0.05, 0) is 56.3 Å². The first-order chi connectivity index (χ1) is 7.72. The lowest BCUT2D eigenvalue weighted by Gasteiger charge is -2.15. The van der Waals surface area contributed by atoms with Crippen LogP contribution in [0.3, 0.4) is 0 Å². The molecule has 4 unspecified atom stereocenters. The minimum Gasteiger partial charge on any atom is -0.393 e.